The van der Waals surface area contributed by atoms with Crippen molar-refractivity contribution in [2.75, 3.05) is 13.7 Å². The molecule has 1 rings (SSSR count). The number of hydrogen-bond acceptors (Lipinski definition) is 3. The van der Waals surface area contributed by atoms with E-state index in [0.717, 1.165) is 24.2 Å². The van der Waals surface area contributed by atoms with Crippen LogP contribution in [-0.4, -0.2) is 19.8 Å². The van der Waals surface area contributed by atoms with Gasteiger partial charge in [0.25, 0.3) is 0 Å². The van der Waals surface area contributed by atoms with Crippen molar-refractivity contribution in [2.24, 2.45) is 0 Å². The first-order valence-corrected chi connectivity index (χ1v) is 7.79. The molecule has 0 atom stereocenters. The average Bonchev–Trinajstić information content (AvgIpc) is 2.52. The van der Waals surface area contributed by atoms with Gasteiger partial charge in [-0.05, 0) is 24.1 Å². The average molecular weight is 293 g/mol. The fourth-order valence-electron chi connectivity index (χ4n) is 2.05. The van der Waals surface area contributed by atoms with Gasteiger partial charge in [-0.1, -0.05) is 51.2 Å². The molecule has 0 aromatic heterocycles. The number of carbonyl (C=O) groups excluding carboxylic acids is 1. The summed E-state index contributed by atoms with van der Waals surface area (Å²) < 4.78 is 10.3. The Hall–Kier alpha value is -1.71. The van der Waals surface area contributed by atoms with Crippen LogP contribution in [0.5, 0.6) is 5.75 Å². The Morgan fingerprint density at radius 1 is 1.14 bits per heavy atom. The molecule has 21 heavy (non-hydrogen) atoms. The summed E-state index contributed by atoms with van der Waals surface area (Å²) in [5.74, 6) is 0.787. The second-order valence-electron chi connectivity index (χ2n) is 5.11. The minimum Gasteiger partial charge on any atom is -0.497 e. The van der Waals surface area contributed by atoms with Gasteiger partial charge in [0.05, 0.1) is 13.7 Å². The van der Waals surface area contributed by atoms with Crippen LogP contribution >= 0.6 is 0 Å². The van der Waals surface area contributed by atoms with Gasteiger partial charge in [0.15, 0.2) is 0 Å². The van der Waals surface area contributed by atoms with E-state index in [-0.39, 0.29) is 6.09 Å². The fourth-order valence-corrected chi connectivity index (χ4v) is 2.05. The van der Waals surface area contributed by atoms with E-state index in [1.54, 1.807) is 7.11 Å². The molecule has 0 saturated carbocycles. The number of unbranched alkanes of at least 4 members (excludes halogenated alkanes) is 5. The van der Waals surface area contributed by atoms with Crippen molar-refractivity contribution < 1.29 is 14.3 Å². The van der Waals surface area contributed by atoms with E-state index in [2.05, 4.69) is 12.2 Å². The van der Waals surface area contributed by atoms with Crippen LogP contribution in [-0.2, 0) is 11.3 Å². The van der Waals surface area contributed by atoms with E-state index < -0.39 is 0 Å². The van der Waals surface area contributed by atoms with Crippen LogP contribution in [0.2, 0.25) is 0 Å². The standard InChI is InChI=1S/C17H27NO3/c1-3-4-5-6-7-8-12-21-17(19)18-14-15-10-9-11-16(13-15)20-2/h9-11,13H,3-8,12,14H2,1-2H3,(H,18,19). The van der Waals surface area contributed by atoms with Gasteiger partial charge in [-0.15, -0.1) is 0 Å². The smallest absolute Gasteiger partial charge is 0.407 e. The molecule has 0 aliphatic carbocycles. The van der Waals surface area contributed by atoms with Gasteiger partial charge in [0.1, 0.15) is 5.75 Å². The number of alkyl carbamates (subject to hydrolysis) is 1. The third kappa shape index (κ3) is 8.23. The van der Waals surface area contributed by atoms with Gasteiger partial charge in [-0.3, -0.25) is 0 Å². The lowest BCUT2D eigenvalue weighted by molar-refractivity contribution is 0.143. The molecule has 0 bridgehead atoms. The number of nitrogens with one attached hydrogen (secondary N) is 1. The van der Waals surface area contributed by atoms with Gasteiger partial charge in [0.2, 0.25) is 0 Å². The minimum absolute atomic E-state index is 0.355. The van der Waals surface area contributed by atoms with E-state index in [1.807, 2.05) is 24.3 Å². The zero-order valence-corrected chi connectivity index (χ0v) is 13.2. The normalized spacial score (nSPS) is 10.2. The Balaban J connectivity index is 2.08. The summed E-state index contributed by atoms with van der Waals surface area (Å²) in [6.07, 6.45) is 6.76. The molecular formula is C17H27NO3. The van der Waals surface area contributed by atoms with Gasteiger partial charge in [-0.25, -0.2) is 4.79 Å². The number of benzene rings is 1. The molecular weight excluding hydrogens is 266 g/mol. The van der Waals surface area contributed by atoms with E-state index in [9.17, 15) is 4.79 Å². The molecule has 0 radical (unpaired) electrons. The number of amides is 1. The van der Waals surface area contributed by atoms with Crippen LogP contribution in [0.25, 0.3) is 0 Å². The van der Waals surface area contributed by atoms with Gasteiger partial charge in [-0.2, -0.15) is 0 Å². The molecule has 1 aromatic carbocycles. The molecule has 0 fully saturated rings. The predicted molar refractivity (Wildman–Crippen MR) is 84.6 cm³/mol. The monoisotopic (exact) mass is 293 g/mol. The van der Waals surface area contributed by atoms with Crippen molar-refractivity contribution >= 4 is 6.09 Å². The quantitative estimate of drug-likeness (QED) is 0.655. The Labute approximate surface area is 127 Å². The summed E-state index contributed by atoms with van der Waals surface area (Å²) in [6.45, 7) is 3.15. The molecule has 0 unspecified atom stereocenters. The molecule has 0 aliphatic rings. The molecule has 4 heteroatoms. The van der Waals surface area contributed by atoms with E-state index in [0.29, 0.717) is 13.2 Å². The molecule has 0 spiro atoms. The molecule has 1 amide bonds. The third-order valence-electron chi connectivity index (χ3n) is 3.30. The summed E-state index contributed by atoms with van der Waals surface area (Å²) >= 11 is 0. The predicted octanol–water partition coefficient (Wildman–Crippen LogP) is 4.28. The molecule has 1 aromatic rings. The zero-order valence-electron chi connectivity index (χ0n) is 13.2. The second-order valence-corrected chi connectivity index (χ2v) is 5.11. The summed E-state index contributed by atoms with van der Waals surface area (Å²) in [5.41, 5.74) is 0.992. The molecule has 0 aliphatic heterocycles. The minimum atomic E-state index is -0.355. The molecule has 1 N–H and O–H groups in total. The van der Waals surface area contributed by atoms with Crippen LogP contribution in [0.15, 0.2) is 24.3 Å². The Morgan fingerprint density at radius 3 is 2.67 bits per heavy atom. The number of carbonyl (C=O) groups is 1. The van der Waals surface area contributed by atoms with Crippen LogP contribution in [0.4, 0.5) is 4.79 Å². The summed E-state index contributed by atoms with van der Waals surface area (Å²) in [7, 11) is 1.63. The Morgan fingerprint density at radius 2 is 1.90 bits per heavy atom. The van der Waals surface area contributed by atoms with Crippen molar-refractivity contribution in [1.82, 2.24) is 5.32 Å². The lowest BCUT2D eigenvalue weighted by Gasteiger charge is -2.08. The highest BCUT2D eigenvalue weighted by atomic mass is 16.5. The fraction of sp³-hybridized carbons (Fsp3) is 0.588. The first-order valence-electron chi connectivity index (χ1n) is 7.79. The summed E-state index contributed by atoms with van der Waals surface area (Å²) in [5, 5.41) is 2.74. The van der Waals surface area contributed by atoms with Gasteiger partial charge >= 0.3 is 6.09 Å². The number of ether oxygens (including phenoxy) is 2. The second kappa shape index (κ2) is 11.0. The van der Waals surface area contributed by atoms with Crippen LogP contribution < -0.4 is 10.1 Å². The number of hydrogen-bond donors (Lipinski definition) is 1. The molecule has 0 heterocycles. The Bertz CT molecular complexity index is 407. The first-order chi connectivity index (χ1) is 10.3. The highest BCUT2D eigenvalue weighted by Crippen LogP contribution is 2.12. The SMILES string of the molecule is CCCCCCCCOC(=O)NCc1cccc(OC)c1. The van der Waals surface area contributed by atoms with E-state index in [1.165, 1.54) is 25.7 Å². The van der Waals surface area contributed by atoms with E-state index in [4.69, 9.17) is 9.47 Å². The van der Waals surface area contributed by atoms with Crippen molar-refractivity contribution in [3.8, 4) is 5.75 Å². The maximum Gasteiger partial charge on any atom is 0.407 e. The maximum atomic E-state index is 11.5. The topological polar surface area (TPSA) is 47.6 Å². The third-order valence-corrected chi connectivity index (χ3v) is 3.30. The highest BCUT2D eigenvalue weighted by molar-refractivity contribution is 5.67. The lowest BCUT2D eigenvalue weighted by atomic mass is 10.1. The van der Waals surface area contributed by atoms with Crippen molar-refractivity contribution in [2.45, 2.75) is 52.0 Å². The van der Waals surface area contributed by atoms with Crippen LogP contribution in [0.1, 0.15) is 51.0 Å². The first kappa shape index (κ1) is 17.3. The zero-order chi connectivity index (χ0) is 15.3. The summed E-state index contributed by atoms with van der Waals surface area (Å²) in [4.78, 5) is 11.5. The number of methoxy groups -OCH3 is 1. The highest BCUT2D eigenvalue weighted by Gasteiger charge is 2.02. The van der Waals surface area contributed by atoms with Crippen molar-refractivity contribution in [1.29, 1.82) is 0 Å². The molecule has 0 saturated heterocycles. The maximum absolute atomic E-state index is 11.5. The largest absolute Gasteiger partial charge is 0.497 e. The lowest BCUT2D eigenvalue weighted by Crippen LogP contribution is -2.24. The van der Waals surface area contributed by atoms with Gasteiger partial charge in [0, 0.05) is 6.54 Å². The Kier molecular flexibility index (Phi) is 9.09. The van der Waals surface area contributed by atoms with Crippen LogP contribution in [0, 0.1) is 0 Å². The van der Waals surface area contributed by atoms with E-state index >= 15 is 0 Å². The van der Waals surface area contributed by atoms with Crippen molar-refractivity contribution in [3.05, 3.63) is 29.8 Å². The van der Waals surface area contributed by atoms with Crippen molar-refractivity contribution in [3.63, 3.8) is 0 Å². The van der Waals surface area contributed by atoms with Gasteiger partial charge < -0.3 is 14.8 Å². The summed E-state index contributed by atoms with van der Waals surface area (Å²) in [6, 6.07) is 7.61. The molecule has 118 valence electrons. The molecule has 4 nitrogen and oxygen atoms in total. The number of rotatable bonds is 10. The van der Waals surface area contributed by atoms with Crippen LogP contribution in [0.3, 0.4) is 0 Å².